The van der Waals surface area contributed by atoms with E-state index in [2.05, 4.69) is 21.2 Å². The van der Waals surface area contributed by atoms with Gasteiger partial charge >= 0.3 is 12.0 Å². The van der Waals surface area contributed by atoms with Gasteiger partial charge in [-0.2, -0.15) is 5.10 Å². The summed E-state index contributed by atoms with van der Waals surface area (Å²) in [7, 11) is 1.44. The molecule has 42 heavy (non-hydrogen) atoms. The minimum atomic E-state index is -0.775. The number of halogens is 1. The highest BCUT2D eigenvalue weighted by Crippen LogP contribution is 2.34. The Morgan fingerprint density at radius 1 is 1.10 bits per heavy atom. The van der Waals surface area contributed by atoms with Gasteiger partial charge in [-0.3, -0.25) is 4.79 Å². The molecular formula is C30H32FN5O6. The quantitative estimate of drug-likeness (QED) is 0.190. The van der Waals surface area contributed by atoms with E-state index in [-0.39, 0.29) is 30.4 Å². The number of allylic oxidation sites excluding steroid dienone is 1. The van der Waals surface area contributed by atoms with Crippen LogP contribution in [0.5, 0.6) is 11.5 Å². The molecule has 0 radical (unpaired) electrons. The molecule has 220 valence electrons. The first kappa shape index (κ1) is 29.8. The summed E-state index contributed by atoms with van der Waals surface area (Å²) in [5.41, 5.74) is 7.05. The molecule has 0 fully saturated rings. The molecule has 0 aliphatic carbocycles. The Labute approximate surface area is 242 Å². The average molecular weight is 578 g/mol. The highest BCUT2D eigenvalue weighted by atomic mass is 19.1. The molecule has 3 N–H and O–H groups in total. The number of nitrogens with zero attached hydrogens (tertiary/aromatic N) is 2. The number of aryl methyl sites for hydroxylation is 1. The minimum absolute atomic E-state index is 0.181. The number of rotatable bonds is 10. The van der Waals surface area contributed by atoms with Gasteiger partial charge in [0.05, 0.1) is 31.5 Å². The number of amides is 3. The molecule has 2 heterocycles. The van der Waals surface area contributed by atoms with Crippen LogP contribution in [-0.4, -0.2) is 49.0 Å². The zero-order valence-electron chi connectivity index (χ0n) is 23.9. The van der Waals surface area contributed by atoms with E-state index in [4.69, 9.17) is 14.2 Å². The summed E-state index contributed by atoms with van der Waals surface area (Å²) in [5, 5.41) is 9.36. The van der Waals surface area contributed by atoms with Gasteiger partial charge in [0.25, 0.3) is 5.91 Å². The Hall–Kier alpha value is -5.13. The molecule has 3 amide bonds. The van der Waals surface area contributed by atoms with Crippen LogP contribution in [0, 0.1) is 19.7 Å². The Morgan fingerprint density at radius 3 is 2.52 bits per heavy atom. The first-order chi connectivity index (χ1) is 20.1. The van der Waals surface area contributed by atoms with Gasteiger partial charge in [-0.1, -0.05) is 6.07 Å². The summed E-state index contributed by atoms with van der Waals surface area (Å²) in [6.07, 6.45) is 1.53. The van der Waals surface area contributed by atoms with Crippen LogP contribution in [0.15, 0.2) is 64.9 Å². The second kappa shape index (κ2) is 13.0. The molecule has 0 bridgehead atoms. The number of carbonyl (C=O) groups excluding carboxylic acids is 3. The van der Waals surface area contributed by atoms with E-state index in [0.29, 0.717) is 17.0 Å². The van der Waals surface area contributed by atoms with Crippen LogP contribution in [0.1, 0.15) is 42.4 Å². The van der Waals surface area contributed by atoms with Crippen molar-refractivity contribution in [1.82, 2.24) is 20.6 Å². The number of hydrogen-bond acceptors (Lipinski definition) is 7. The van der Waals surface area contributed by atoms with E-state index >= 15 is 0 Å². The largest absolute Gasteiger partial charge is 0.493 e. The number of carbonyl (C=O) groups is 3. The Morgan fingerprint density at radius 2 is 1.83 bits per heavy atom. The molecule has 0 saturated heterocycles. The molecule has 3 aromatic rings. The van der Waals surface area contributed by atoms with E-state index in [1.807, 2.05) is 24.5 Å². The number of benzene rings is 2. The SMILES string of the molecule is CCOC(=O)C1=C(C)NC(=O)N[C@@H]1c1ccc(OCC(=O)N/N=C\c2cc(C)n(-c3ccc(F)cc3)c2C)c(OC)c1. The number of methoxy groups -OCH3 is 1. The third-order valence-corrected chi connectivity index (χ3v) is 6.59. The standard InChI is InChI=1S/C30H32FN5O6/c1-6-41-29(38)27-18(3)33-30(39)34-28(27)20-7-12-24(25(14-20)40-5)42-16-26(37)35-32-15-21-13-17(2)36(19(21)4)23-10-8-22(31)9-11-23/h7-15,28H,6,16H2,1-5H3,(H,35,37)(H2,33,34,39)/b32-15-/t28-/m1/s1. The number of hydrazone groups is 1. The van der Waals surface area contributed by atoms with Crippen molar-refractivity contribution in [1.29, 1.82) is 0 Å². The smallest absolute Gasteiger partial charge is 0.338 e. The highest BCUT2D eigenvalue weighted by Gasteiger charge is 2.32. The van der Waals surface area contributed by atoms with Crippen LogP contribution in [-0.2, 0) is 14.3 Å². The van der Waals surface area contributed by atoms with Gasteiger partial charge in [0.2, 0.25) is 0 Å². The average Bonchev–Trinajstić information content (AvgIpc) is 3.24. The maximum atomic E-state index is 13.3. The van der Waals surface area contributed by atoms with Crippen molar-refractivity contribution in [2.75, 3.05) is 20.3 Å². The van der Waals surface area contributed by atoms with E-state index in [1.165, 1.54) is 25.5 Å². The molecule has 0 spiro atoms. The minimum Gasteiger partial charge on any atom is -0.493 e. The van der Waals surface area contributed by atoms with Crippen LogP contribution in [0.25, 0.3) is 5.69 Å². The van der Waals surface area contributed by atoms with Crippen LogP contribution >= 0.6 is 0 Å². The summed E-state index contributed by atoms with van der Waals surface area (Å²) in [5.74, 6) is -0.792. The lowest BCUT2D eigenvalue weighted by atomic mass is 9.95. The second-order valence-corrected chi connectivity index (χ2v) is 9.42. The predicted octanol–water partition coefficient (Wildman–Crippen LogP) is 3.96. The van der Waals surface area contributed by atoms with E-state index in [1.54, 1.807) is 44.2 Å². The highest BCUT2D eigenvalue weighted by molar-refractivity contribution is 5.95. The second-order valence-electron chi connectivity index (χ2n) is 9.42. The van der Waals surface area contributed by atoms with E-state index in [9.17, 15) is 18.8 Å². The molecule has 4 rings (SSSR count). The summed E-state index contributed by atoms with van der Waals surface area (Å²) < 4.78 is 31.6. The molecule has 0 unspecified atom stereocenters. The molecule has 1 aromatic heterocycles. The zero-order valence-corrected chi connectivity index (χ0v) is 23.9. The Balaban J connectivity index is 1.41. The lowest BCUT2D eigenvalue weighted by Gasteiger charge is -2.28. The fourth-order valence-electron chi connectivity index (χ4n) is 4.66. The number of nitrogens with one attached hydrogen (secondary N) is 3. The molecule has 0 saturated carbocycles. The van der Waals surface area contributed by atoms with Crippen LogP contribution in [0.4, 0.5) is 9.18 Å². The lowest BCUT2D eigenvalue weighted by molar-refractivity contribution is -0.139. The van der Waals surface area contributed by atoms with Crippen LogP contribution in [0.2, 0.25) is 0 Å². The first-order valence-corrected chi connectivity index (χ1v) is 13.2. The van der Waals surface area contributed by atoms with Gasteiger partial charge in [-0.25, -0.2) is 19.4 Å². The Kier molecular flexibility index (Phi) is 9.25. The van der Waals surface area contributed by atoms with Crippen molar-refractivity contribution in [3.05, 3.63) is 88.1 Å². The van der Waals surface area contributed by atoms with Crippen molar-refractivity contribution < 1.29 is 33.0 Å². The Bertz CT molecular complexity index is 1560. The topological polar surface area (TPSA) is 132 Å². The van der Waals surface area contributed by atoms with E-state index < -0.39 is 23.9 Å². The molecule has 11 nitrogen and oxygen atoms in total. The molecule has 2 aromatic carbocycles. The third-order valence-electron chi connectivity index (χ3n) is 6.59. The number of esters is 1. The number of hydrogen-bond donors (Lipinski definition) is 3. The summed E-state index contributed by atoms with van der Waals surface area (Å²) in [6.45, 7) is 6.98. The normalized spacial score (nSPS) is 14.8. The maximum absolute atomic E-state index is 13.3. The number of aromatic nitrogens is 1. The van der Waals surface area contributed by atoms with Crippen molar-refractivity contribution in [3.8, 4) is 17.2 Å². The third kappa shape index (κ3) is 6.60. The first-order valence-electron chi connectivity index (χ1n) is 13.2. The summed E-state index contributed by atoms with van der Waals surface area (Å²) in [6, 6.07) is 11.7. The number of urea groups is 1. The van der Waals surface area contributed by atoms with Crippen LogP contribution < -0.4 is 25.5 Å². The molecule has 1 atom stereocenters. The van der Waals surface area contributed by atoms with Crippen molar-refractivity contribution in [2.45, 2.75) is 33.7 Å². The van der Waals surface area contributed by atoms with Crippen molar-refractivity contribution in [3.63, 3.8) is 0 Å². The van der Waals surface area contributed by atoms with Gasteiger partial charge < -0.3 is 29.4 Å². The fraction of sp³-hybridized carbons (Fsp3) is 0.267. The van der Waals surface area contributed by atoms with E-state index in [0.717, 1.165) is 22.6 Å². The number of ether oxygens (including phenoxy) is 3. The summed E-state index contributed by atoms with van der Waals surface area (Å²) >= 11 is 0. The molecule has 12 heteroatoms. The fourth-order valence-corrected chi connectivity index (χ4v) is 4.66. The van der Waals surface area contributed by atoms with Crippen LogP contribution in [0.3, 0.4) is 0 Å². The van der Waals surface area contributed by atoms with Gasteiger partial charge in [0.15, 0.2) is 18.1 Å². The van der Waals surface area contributed by atoms with Crippen molar-refractivity contribution in [2.24, 2.45) is 5.10 Å². The molecular weight excluding hydrogens is 545 g/mol. The molecule has 1 aliphatic heterocycles. The van der Waals surface area contributed by atoms with Gasteiger partial charge in [-0.05, 0) is 75.7 Å². The van der Waals surface area contributed by atoms with Gasteiger partial charge in [-0.15, -0.1) is 0 Å². The molecule has 1 aliphatic rings. The summed E-state index contributed by atoms with van der Waals surface area (Å²) in [4.78, 5) is 37.2. The zero-order chi connectivity index (χ0) is 30.4. The predicted molar refractivity (Wildman–Crippen MR) is 153 cm³/mol. The van der Waals surface area contributed by atoms with Gasteiger partial charge in [0, 0.05) is 28.3 Å². The monoisotopic (exact) mass is 577 g/mol. The van der Waals surface area contributed by atoms with Crippen molar-refractivity contribution >= 4 is 24.1 Å². The lowest BCUT2D eigenvalue weighted by Crippen LogP contribution is -2.45. The maximum Gasteiger partial charge on any atom is 0.338 e. The van der Waals surface area contributed by atoms with Gasteiger partial charge in [0.1, 0.15) is 5.82 Å².